The van der Waals surface area contributed by atoms with Gasteiger partial charge in [-0.3, -0.25) is 9.47 Å². The highest BCUT2D eigenvalue weighted by molar-refractivity contribution is 7.80. The Morgan fingerprint density at radius 1 is 1.14 bits per heavy atom. The molecule has 0 radical (unpaired) electrons. The van der Waals surface area contributed by atoms with Gasteiger partial charge < -0.3 is 10.4 Å². The summed E-state index contributed by atoms with van der Waals surface area (Å²) in [4.78, 5) is 2.21. The van der Waals surface area contributed by atoms with E-state index in [-0.39, 0.29) is 11.0 Å². The van der Waals surface area contributed by atoms with Crippen LogP contribution in [0.5, 0.6) is 5.88 Å². The lowest BCUT2D eigenvalue weighted by molar-refractivity contribution is 0.233. The van der Waals surface area contributed by atoms with E-state index in [2.05, 4.69) is 34.3 Å². The van der Waals surface area contributed by atoms with E-state index in [9.17, 15) is 5.11 Å². The van der Waals surface area contributed by atoms with Gasteiger partial charge in [0.2, 0.25) is 11.0 Å². The average molecular weight is 416 g/mol. The fraction of sp³-hybridized carbons (Fsp3) is 0.250. The van der Waals surface area contributed by atoms with Crippen molar-refractivity contribution < 1.29 is 5.11 Å². The van der Waals surface area contributed by atoms with E-state index < -0.39 is 0 Å². The molecule has 3 rings (SSSR count). The number of thiocarbonyl (C=S) groups is 1. The number of aromatic hydroxyl groups is 1. The minimum Gasteiger partial charge on any atom is -0.493 e. The number of para-hydroxylation sites is 1. The summed E-state index contributed by atoms with van der Waals surface area (Å²) in [5, 5.41) is 23.7. The van der Waals surface area contributed by atoms with Crippen LogP contribution < -0.4 is 5.32 Å². The summed E-state index contributed by atoms with van der Waals surface area (Å²) >= 11 is 11.1. The van der Waals surface area contributed by atoms with Crippen molar-refractivity contribution in [3.05, 3.63) is 53.6 Å². The SMILES string of the molecule is CCN(CC)Cn1c(O)c(N=NC(=S)Nc2ccc(Cl)cc2)c2ccccc21. The molecule has 1 heterocycles. The molecule has 0 aliphatic rings. The molecule has 3 aromatic rings. The highest BCUT2D eigenvalue weighted by Crippen LogP contribution is 2.38. The Kier molecular flexibility index (Phi) is 6.61. The second-order valence-corrected chi connectivity index (χ2v) is 7.02. The van der Waals surface area contributed by atoms with Crippen molar-refractivity contribution in [1.82, 2.24) is 9.47 Å². The third kappa shape index (κ3) is 4.49. The number of anilines is 1. The molecule has 2 aromatic carbocycles. The second-order valence-electron chi connectivity index (χ2n) is 6.20. The first-order chi connectivity index (χ1) is 13.5. The van der Waals surface area contributed by atoms with Crippen LogP contribution >= 0.6 is 23.8 Å². The molecular weight excluding hydrogens is 394 g/mol. The van der Waals surface area contributed by atoms with Gasteiger partial charge in [0.25, 0.3) is 0 Å². The molecule has 8 heteroatoms. The van der Waals surface area contributed by atoms with Gasteiger partial charge in [-0.25, -0.2) is 0 Å². The van der Waals surface area contributed by atoms with Crippen molar-refractivity contribution in [2.45, 2.75) is 20.5 Å². The first-order valence-corrected chi connectivity index (χ1v) is 9.83. The third-order valence-corrected chi connectivity index (χ3v) is 4.93. The van der Waals surface area contributed by atoms with E-state index in [0.717, 1.165) is 29.7 Å². The summed E-state index contributed by atoms with van der Waals surface area (Å²) in [6, 6.07) is 14.8. The molecule has 0 spiro atoms. The highest BCUT2D eigenvalue weighted by atomic mass is 35.5. The smallest absolute Gasteiger partial charge is 0.221 e. The standard InChI is InChI=1S/C20H22ClN5OS/c1-3-25(4-2)13-26-17-8-6-5-7-16(17)18(19(26)27)23-24-20(28)22-15-11-9-14(21)10-12-15/h5-12,27H,3-4,13H2,1-2H3,(H,22,28). The Morgan fingerprint density at radius 2 is 1.82 bits per heavy atom. The molecule has 0 fully saturated rings. The molecule has 0 atom stereocenters. The number of azo groups is 1. The highest BCUT2D eigenvalue weighted by Gasteiger charge is 2.17. The van der Waals surface area contributed by atoms with Gasteiger partial charge in [-0.15, -0.1) is 10.2 Å². The van der Waals surface area contributed by atoms with E-state index in [1.807, 2.05) is 28.8 Å². The van der Waals surface area contributed by atoms with Crippen molar-refractivity contribution in [1.29, 1.82) is 0 Å². The lowest BCUT2D eigenvalue weighted by atomic mass is 10.2. The van der Waals surface area contributed by atoms with E-state index in [0.29, 0.717) is 17.4 Å². The predicted octanol–water partition coefficient (Wildman–Crippen LogP) is 5.78. The monoisotopic (exact) mass is 415 g/mol. The molecule has 0 unspecified atom stereocenters. The maximum atomic E-state index is 10.8. The molecule has 6 nitrogen and oxygen atoms in total. The van der Waals surface area contributed by atoms with Crippen molar-refractivity contribution in [3.8, 4) is 5.88 Å². The molecule has 0 aliphatic heterocycles. The fourth-order valence-corrected chi connectivity index (χ4v) is 3.20. The second kappa shape index (κ2) is 9.14. The average Bonchev–Trinajstić information content (AvgIpc) is 2.97. The maximum Gasteiger partial charge on any atom is 0.221 e. The lowest BCUT2D eigenvalue weighted by Gasteiger charge is -2.19. The van der Waals surface area contributed by atoms with Crippen LogP contribution in [-0.2, 0) is 6.67 Å². The summed E-state index contributed by atoms with van der Waals surface area (Å²) < 4.78 is 1.84. The van der Waals surface area contributed by atoms with E-state index in [1.54, 1.807) is 24.3 Å². The molecule has 146 valence electrons. The Morgan fingerprint density at radius 3 is 2.50 bits per heavy atom. The topological polar surface area (TPSA) is 65.1 Å². The minimum absolute atomic E-state index is 0.0751. The number of nitrogens with one attached hydrogen (secondary N) is 1. The van der Waals surface area contributed by atoms with Crippen LogP contribution in [-0.4, -0.2) is 32.8 Å². The third-order valence-electron chi connectivity index (χ3n) is 4.49. The maximum absolute atomic E-state index is 10.8. The van der Waals surface area contributed by atoms with E-state index in [4.69, 9.17) is 23.8 Å². The van der Waals surface area contributed by atoms with Crippen LogP contribution in [0.2, 0.25) is 5.02 Å². The number of halogens is 1. The van der Waals surface area contributed by atoms with Crippen LogP contribution in [0.3, 0.4) is 0 Å². The summed E-state index contributed by atoms with van der Waals surface area (Å²) in [5.41, 5.74) is 2.07. The normalized spacial score (nSPS) is 11.6. The van der Waals surface area contributed by atoms with Crippen LogP contribution in [0.15, 0.2) is 58.8 Å². The van der Waals surface area contributed by atoms with Gasteiger partial charge in [-0.05, 0) is 55.6 Å². The number of aromatic nitrogens is 1. The molecule has 0 aliphatic carbocycles. The summed E-state index contributed by atoms with van der Waals surface area (Å²) in [6.45, 7) is 6.52. The molecular formula is C20H22ClN5OS. The predicted molar refractivity (Wildman–Crippen MR) is 119 cm³/mol. The van der Waals surface area contributed by atoms with Gasteiger partial charge in [-0.1, -0.05) is 43.6 Å². The zero-order valence-corrected chi connectivity index (χ0v) is 17.3. The first-order valence-electron chi connectivity index (χ1n) is 9.04. The van der Waals surface area contributed by atoms with Gasteiger partial charge in [0.1, 0.15) is 0 Å². The fourth-order valence-electron chi connectivity index (χ4n) is 2.91. The van der Waals surface area contributed by atoms with Crippen molar-refractivity contribution in [3.63, 3.8) is 0 Å². The van der Waals surface area contributed by atoms with E-state index in [1.165, 1.54) is 0 Å². The van der Waals surface area contributed by atoms with Gasteiger partial charge in [0.15, 0.2) is 5.69 Å². The van der Waals surface area contributed by atoms with Crippen LogP contribution in [0.1, 0.15) is 13.8 Å². The minimum atomic E-state index is 0.0751. The number of fused-ring (bicyclic) bond motifs is 1. The molecule has 28 heavy (non-hydrogen) atoms. The number of nitrogens with zero attached hydrogens (tertiary/aromatic N) is 4. The number of hydrogen-bond donors (Lipinski definition) is 2. The summed E-state index contributed by atoms with van der Waals surface area (Å²) in [6.07, 6.45) is 0. The molecule has 1 aromatic heterocycles. The Bertz CT molecular complexity index is 996. The number of benzene rings is 2. The van der Waals surface area contributed by atoms with Crippen LogP contribution in [0, 0.1) is 0 Å². The van der Waals surface area contributed by atoms with Gasteiger partial charge in [-0.2, -0.15) is 0 Å². The number of hydrogen-bond acceptors (Lipinski definition) is 4. The summed E-state index contributed by atoms with van der Waals surface area (Å²) in [7, 11) is 0. The zero-order valence-electron chi connectivity index (χ0n) is 15.8. The Balaban J connectivity index is 1.87. The van der Waals surface area contributed by atoms with Crippen molar-refractivity contribution in [2.24, 2.45) is 10.2 Å². The lowest BCUT2D eigenvalue weighted by Crippen LogP contribution is -2.25. The van der Waals surface area contributed by atoms with Crippen molar-refractivity contribution >= 4 is 51.2 Å². The zero-order chi connectivity index (χ0) is 20.1. The molecule has 0 saturated heterocycles. The Hall–Kier alpha value is -2.48. The molecule has 0 saturated carbocycles. The quantitative estimate of drug-likeness (QED) is 0.395. The van der Waals surface area contributed by atoms with E-state index >= 15 is 0 Å². The van der Waals surface area contributed by atoms with Crippen LogP contribution in [0.25, 0.3) is 10.9 Å². The summed E-state index contributed by atoms with van der Waals surface area (Å²) in [5.74, 6) is 0.0751. The van der Waals surface area contributed by atoms with Gasteiger partial charge >= 0.3 is 0 Å². The van der Waals surface area contributed by atoms with Gasteiger partial charge in [0.05, 0.1) is 12.2 Å². The van der Waals surface area contributed by atoms with Crippen LogP contribution in [0.4, 0.5) is 11.4 Å². The molecule has 2 N–H and O–H groups in total. The first kappa shape index (κ1) is 20.3. The van der Waals surface area contributed by atoms with Gasteiger partial charge in [0, 0.05) is 16.1 Å². The number of rotatable bonds is 6. The van der Waals surface area contributed by atoms with Crippen molar-refractivity contribution in [2.75, 3.05) is 18.4 Å². The largest absolute Gasteiger partial charge is 0.493 e. The Labute approximate surface area is 174 Å². The molecule has 0 bridgehead atoms. The molecule has 0 amide bonds.